The molecule has 0 saturated heterocycles. The summed E-state index contributed by atoms with van der Waals surface area (Å²) in [5.41, 5.74) is 1.39. The Balaban J connectivity index is 2.28. The maximum atomic E-state index is 11.8. The number of fused-ring (bicyclic) bond motifs is 1. The van der Waals surface area contributed by atoms with E-state index in [0.717, 1.165) is 16.5 Å². The number of benzene rings is 1. The molecule has 104 valence electrons. The highest BCUT2D eigenvalue weighted by molar-refractivity contribution is 9.10. The first-order valence-electron chi connectivity index (χ1n) is 6.57. The second-order valence-corrected chi connectivity index (χ2v) is 6.09. The summed E-state index contributed by atoms with van der Waals surface area (Å²) >= 11 is 3.46. The van der Waals surface area contributed by atoms with E-state index >= 15 is 0 Å². The lowest BCUT2D eigenvalue weighted by Gasteiger charge is -2.38. The van der Waals surface area contributed by atoms with E-state index in [1.165, 1.54) is 12.7 Å². The lowest BCUT2D eigenvalue weighted by Crippen LogP contribution is -2.47. The molecule has 0 heterocycles. The zero-order valence-electron chi connectivity index (χ0n) is 11.3. The molecule has 2 atom stereocenters. The molecule has 0 spiro atoms. The van der Waals surface area contributed by atoms with Gasteiger partial charge in [0.1, 0.15) is 0 Å². The van der Waals surface area contributed by atoms with Crippen molar-refractivity contribution in [1.82, 2.24) is 0 Å². The summed E-state index contributed by atoms with van der Waals surface area (Å²) in [6.07, 6.45) is 2.50. The van der Waals surface area contributed by atoms with Crippen molar-refractivity contribution in [2.45, 2.75) is 38.2 Å². The van der Waals surface area contributed by atoms with Crippen molar-refractivity contribution < 1.29 is 14.6 Å². The van der Waals surface area contributed by atoms with Crippen molar-refractivity contribution in [1.29, 1.82) is 0 Å². The van der Waals surface area contributed by atoms with E-state index in [0.29, 0.717) is 19.3 Å². The van der Waals surface area contributed by atoms with Crippen molar-refractivity contribution in [3.05, 3.63) is 33.8 Å². The van der Waals surface area contributed by atoms with Gasteiger partial charge in [0.15, 0.2) is 0 Å². The maximum Gasteiger partial charge on any atom is 0.311 e. The maximum absolute atomic E-state index is 11.8. The number of ether oxygens (including phenoxy) is 1. The summed E-state index contributed by atoms with van der Waals surface area (Å²) in [7, 11) is 1.38. The first kappa shape index (κ1) is 14.5. The topological polar surface area (TPSA) is 46.5 Å². The van der Waals surface area contributed by atoms with Crippen LogP contribution in [0.5, 0.6) is 0 Å². The van der Waals surface area contributed by atoms with Crippen LogP contribution in [0.4, 0.5) is 0 Å². The molecule has 2 rings (SSSR count). The SMILES string of the molecule is CCC(C(=O)OC)C1(O)CCc2cc(Br)ccc2C1. The summed E-state index contributed by atoms with van der Waals surface area (Å²) in [4.78, 5) is 11.8. The van der Waals surface area contributed by atoms with Gasteiger partial charge in [-0.2, -0.15) is 0 Å². The van der Waals surface area contributed by atoms with E-state index in [1.54, 1.807) is 0 Å². The quantitative estimate of drug-likeness (QED) is 0.869. The number of carbonyl (C=O) groups excluding carboxylic acids is 1. The number of hydrogen-bond acceptors (Lipinski definition) is 3. The third-order valence-electron chi connectivity index (χ3n) is 4.03. The van der Waals surface area contributed by atoms with E-state index in [9.17, 15) is 9.90 Å². The number of halogens is 1. The zero-order chi connectivity index (χ0) is 14.0. The van der Waals surface area contributed by atoms with Gasteiger partial charge in [0, 0.05) is 10.9 Å². The smallest absolute Gasteiger partial charge is 0.311 e. The molecule has 0 bridgehead atoms. The molecule has 0 amide bonds. The molecule has 1 aromatic carbocycles. The molecule has 19 heavy (non-hydrogen) atoms. The Bertz CT molecular complexity index is 486. The Morgan fingerprint density at radius 1 is 1.53 bits per heavy atom. The van der Waals surface area contributed by atoms with Crippen molar-refractivity contribution in [2.24, 2.45) is 5.92 Å². The minimum absolute atomic E-state index is 0.314. The number of aryl methyl sites for hydroxylation is 1. The highest BCUT2D eigenvalue weighted by Gasteiger charge is 2.43. The molecule has 0 aromatic heterocycles. The molecule has 1 N–H and O–H groups in total. The number of aliphatic hydroxyl groups is 1. The first-order valence-corrected chi connectivity index (χ1v) is 7.37. The highest BCUT2D eigenvalue weighted by atomic mass is 79.9. The van der Waals surface area contributed by atoms with Crippen LogP contribution in [-0.4, -0.2) is 23.8 Å². The minimum atomic E-state index is -0.983. The average Bonchev–Trinajstić information content (AvgIpc) is 2.39. The fourth-order valence-corrected chi connectivity index (χ4v) is 3.38. The molecule has 0 saturated carbocycles. The fraction of sp³-hybridized carbons (Fsp3) is 0.533. The van der Waals surface area contributed by atoms with E-state index in [-0.39, 0.29) is 5.97 Å². The van der Waals surface area contributed by atoms with E-state index in [4.69, 9.17) is 4.74 Å². The van der Waals surface area contributed by atoms with E-state index in [1.807, 2.05) is 19.1 Å². The van der Waals surface area contributed by atoms with Crippen LogP contribution in [0.2, 0.25) is 0 Å². The predicted molar refractivity (Wildman–Crippen MR) is 76.9 cm³/mol. The van der Waals surface area contributed by atoms with Crippen LogP contribution >= 0.6 is 15.9 Å². The van der Waals surface area contributed by atoms with Gasteiger partial charge in [-0.25, -0.2) is 0 Å². The lowest BCUT2D eigenvalue weighted by molar-refractivity contribution is -0.157. The van der Waals surface area contributed by atoms with E-state index in [2.05, 4.69) is 22.0 Å². The molecule has 3 nitrogen and oxygen atoms in total. The minimum Gasteiger partial charge on any atom is -0.469 e. The molecule has 1 aliphatic rings. The fourth-order valence-electron chi connectivity index (χ4n) is 2.97. The molecule has 4 heteroatoms. The van der Waals surface area contributed by atoms with Crippen LogP contribution in [0.25, 0.3) is 0 Å². The van der Waals surface area contributed by atoms with Crippen LogP contribution in [0.1, 0.15) is 30.9 Å². The summed E-state index contributed by atoms with van der Waals surface area (Å²) in [5, 5.41) is 10.8. The van der Waals surface area contributed by atoms with Crippen LogP contribution in [0.15, 0.2) is 22.7 Å². The van der Waals surface area contributed by atoms with Gasteiger partial charge in [0.2, 0.25) is 0 Å². The van der Waals surface area contributed by atoms with Crippen molar-refractivity contribution in [2.75, 3.05) is 7.11 Å². The number of rotatable bonds is 3. The Hall–Kier alpha value is -0.870. The highest BCUT2D eigenvalue weighted by Crippen LogP contribution is 2.37. The third-order valence-corrected chi connectivity index (χ3v) is 4.53. The summed E-state index contributed by atoms with van der Waals surface area (Å²) in [6.45, 7) is 1.91. The third kappa shape index (κ3) is 2.84. The van der Waals surface area contributed by atoms with Gasteiger partial charge in [-0.15, -0.1) is 0 Å². The first-order chi connectivity index (χ1) is 9.00. The largest absolute Gasteiger partial charge is 0.469 e. The van der Waals surface area contributed by atoms with Gasteiger partial charge in [0.05, 0.1) is 18.6 Å². The summed E-state index contributed by atoms with van der Waals surface area (Å²) in [6, 6.07) is 6.09. The van der Waals surface area contributed by atoms with Crippen molar-refractivity contribution in [3.8, 4) is 0 Å². The Kier molecular flexibility index (Phi) is 4.31. The molecule has 1 aromatic rings. The number of carbonyl (C=O) groups is 1. The van der Waals surface area contributed by atoms with Gasteiger partial charge >= 0.3 is 5.97 Å². The van der Waals surface area contributed by atoms with Crippen molar-refractivity contribution in [3.63, 3.8) is 0 Å². The monoisotopic (exact) mass is 326 g/mol. The predicted octanol–water partition coefficient (Wildman–Crippen LogP) is 2.87. The normalized spacial score (nSPS) is 23.6. The second kappa shape index (κ2) is 5.63. The molecule has 2 unspecified atom stereocenters. The van der Waals surface area contributed by atoms with Crippen LogP contribution in [0.3, 0.4) is 0 Å². The van der Waals surface area contributed by atoms with Crippen LogP contribution < -0.4 is 0 Å². The summed E-state index contributed by atoms with van der Waals surface area (Å²) in [5.74, 6) is -0.764. The van der Waals surface area contributed by atoms with E-state index < -0.39 is 11.5 Å². The Morgan fingerprint density at radius 3 is 2.89 bits per heavy atom. The molecule has 0 aliphatic heterocycles. The Morgan fingerprint density at radius 2 is 2.26 bits per heavy atom. The van der Waals surface area contributed by atoms with Gasteiger partial charge in [-0.05, 0) is 42.5 Å². The molecular formula is C15H19BrO3. The Labute approximate surface area is 122 Å². The second-order valence-electron chi connectivity index (χ2n) is 5.18. The van der Waals surface area contributed by atoms with Gasteiger partial charge < -0.3 is 9.84 Å². The van der Waals surface area contributed by atoms with Crippen LogP contribution in [-0.2, 0) is 22.4 Å². The molecule has 1 aliphatic carbocycles. The molecular weight excluding hydrogens is 308 g/mol. The summed E-state index contributed by atoms with van der Waals surface area (Å²) < 4.78 is 5.87. The van der Waals surface area contributed by atoms with Gasteiger partial charge in [-0.3, -0.25) is 4.79 Å². The van der Waals surface area contributed by atoms with Gasteiger partial charge in [-0.1, -0.05) is 28.9 Å². The number of methoxy groups -OCH3 is 1. The number of hydrogen-bond donors (Lipinski definition) is 1. The van der Waals surface area contributed by atoms with Crippen molar-refractivity contribution >= 4 is 21.9 Å². The number of esters is 1. The van der Waals surface area contributed by atoms with Gasteiger partial charge in [0.25, 0.3) is 0 Å². The molecule has 0 fully saturated rings. The standard InChI is InChI=1S/C15H19BrO3/c1-3-13(14(17)19-2)15(18)7-6-10-8-12(16)5-4-11(10)9-15/h4-5,8,13,18H,3,6-7,9H2,1-2H3. The average molecular weight is 327 g/mol. The van der Waals surface area contributed by atoms with Crippen LogP contribution in [0, 0.1) is 5.92 Å². The zero-order valence-corrected chi connectivity index (χ0v) is 12.9. The lowest BCUT2D eigenvalue weighted by atomic mass is 9.72. The molecule has 0 radical (unpaired) electrons.